The van der Waals surface area contributed by atoms with Crippen LogP contribution < -0.4 is 0 Å². The van der Waals surface area contributed by atoms with E-state index in [1.165, 1.54) is 16.9 Å². The molecular formula is C23H28F2N6OS3. The summed E-state index contributed by atoms with van der Waals surface area (Å²) in [5.74, 6) is -0.0621. The standard InChI is InChI=1S/C23H22F2N6O.3H2S/c1-12-7-14(8-13(2)17(12)10-26)22(32)30-15-3-5-16(19(30)6-4-15)20-9-18(21(24)25)29-23-27-11-28-31(20)23;;;/h7-9,11,15-16,19,21H,3-6H2,1-2H3;3*1H2/t15-,16-,19-;;;/m0.../s1. The average Bonchev–Trinajstić information content (AvgIpc) is 3.35. The molecule has 35 heavy (non-hydrogen) atoms. The first-order valence-corrected chi connectivity index (χ1v) is 10.7. The van der Waals surface area contributed by atoms with Gasteiger partial charge in [-0.3, -0.25) is 4.79 Å². The number of alkyl halides is 2. The summed E-state index contributed by atoms with van der Waals surface area (Å²) >= 11 is 0. The molecule has 1 amide bonds. The molecule has 1 aromatic carbocycles. The number of hydrogen-bond acceptors (Lipinski definition) is 5. The Kier molecular flexibility index (Phi) is 9.19. The number of aryl methyl sites for hydroxylation is 2. The third-order valence-corrected chi connectivity index (χ3v) is 6.85. The van der Waals surface area contributed by atoms with Gasteiger partial charge in [-0.25, -0.2) is 18.3 Å². The van der Waals surface area contributed by atoms with Gasteiger partial charge in [0.2, 0.25) is 0 Å². The predicted octanol–water partition coefficient (Wildman–Crippen LogP) is 4.44. The number of aromatic nitrogens is 4. The summed E-state index contributed by atoms with van der Waals surface area (Å²) in [4.78, 5) is 23.5. The van der Waals surface area contributed by atoms with Crippen molar-refractivity contribution in [2.75, 3.05) is 0 Å². The Morgan fingerprint density at radius 1 is 1.09 bits per heavy atom. The lowest BCUT2D eigenvalue weighted by atomic mass is 9.86. The number of fused-ring (bicyclic) bond motifs is 3. The molecule has 0 aliphatic carbocycles. The van der Waals surface area contributed by atoms with Gasteiger partial charge in [0.15, 0.2) is 0 Å². The van der Waals surface area contributed by atoms with Gasteiger partial charge in [-0.15, -0.1) is 0 Å². The summed E-state index contributed by atoms with van der Waals surface area (Å²) in [6, 6.07) is 7.16. The Hall–Kier alpha value is -2.36. The molecule has 0 radical (unpaired) electrons. The van der Waals surface area contributed by atoms with Crippen molar-refractivity contribution in [1.82, 2.24) is 24.5 Å². The summed E-state index contributed by atoms with van der Waals surface area (Å²) in [5.41, 5.74) is 3.00. The van der Waals surface area contributed by atoms with Crippen molar-refractivity contribution in [1.29, 1.82) is 5.26 Å². The van der Waals surface area contributed by atoms with Gasteiger partial charge >= 0.3 is 0 Å². The van der Waals surface area contributed by atoms with E-state index < -0.39 is 6.43 Å². The second-order valence-electron chi connectivity index (χ2n) is 8.67. The van der Waals surface area contributed by atoms with Crippen LogP contribution in [0.1, 0.15) is 76.5 Å². The maximum absolute atomic E-state index is 13.6. The van der Waals surface area contributed by atoms with E-state index in [1.807, 2.05) is 18.7 Å². The third kappa shape index (κ3) is 4.86. The maximum Gasteiger partial charge on any atom is 0.280 e. The summed E-state index contributed by atoms with van der Waals surface area (Å²) < 4.78 is 28.5. The second-order valence-corrected chi connectivity index (χ2v) is 8.67. The molecule has 2 bridgehead atoms. The van der Waals surface area contributed by atoms with Gasteiger partial charge in [0.25, 0.3) is 18.1 Å². The molecule has 0 saturated carbocycles. The smallest absolute Gasteiger partial charge is 0.280 e. The molecule has 2 aliphatic rings. The van der Waals surface area contributed by atoms with Crippen LogP contribution in [-0.2, 0) is 0 Å². The largest absolute Gasteiger partial charge is 0.332 e. The fourth-order valence-electron chi connectivity index (χ4n) is 5.46. The molecule has 2 saturated heterocycles. The summed E-state index contributed by atoms with van der Waals surface area (Å²) in [6.07, 6.45) is 1.87. The molecule has 2 fully saturated rings. The van der Waals surface area contributed by atoms with Crippen LogP contribution in [0.5, 0.6) is 0 Å². The Labute approximate surface area is 223 Å². The molecule has 3 aromatic rings. The van der Waals surface area contributed by atoms with Gasteiger partial charge in [0, 0.05) is 23.6 Å². The van der Waals surface area contributed by atoms with E-state index in [2.05, 4.69) is 21.1 Å². The van der Waals surface area contributed by atoms with Crippen LogP contribution in [0.3, 0.4) is 0 Å². The molecule has 0 N–H and O–H groups in total. The van der Waals surface area contributed by atoms with Gasteiger partial charge in [-0.2, -0.15) is 55.8 Å². The van der Waals surface area contributed by atoms with Gasteiger partial charge < -0.3 is 4.90 Å². The molecule has 2 aliphatic heterocycles. The minimum atomic E-state index is -2.71. The number of hydrogen-bond donors (Lipinski definition) is 0. The van der Waals surface area contributed by atoms with Crippen LogP contribution in [-0.4, -0.2) is 42.5 Å². The number of halogens is 2. The fraction of sp³-hybridized carbons (Fsp3) is 0.435. The molecule has 12 heteroatoms. The summed E-state index contributed by atoms with van der Waals surface area (Å²) in [6.45, 7) is 3.67. The molecular weight excluding hydrogens is 510 g/mol. The van der Waals surface area contributed by atoms with Crippen molar-refractivity contribution in [2.24, 2.45) is 0 Å². The van der Waals surface area contributed by atoms with Gasteiger partial charge in [0.05, 0.1) is 17.3 Å². The number of amides is 1. The zero-order valence-corrected chi connectivity index (χ0v) is 22.3. The van der Waals surface area contributed by atoms with E-state index in [0.717, 1.165) is 36.8 Å². The molecule has 7 nitrogen and oxygen atoms in total. The topological polar surface area (TPSA) is 87.2 Å². The van der Waals surface area contributed by atoms with Crippen LogP contribution >= 0.6 is 40.5 Å². The normalized spacial score (nSPS) is 20.6. The first-order chi connectivity index (χ1) is 15.4. The minimum Gasteiger partial charge on any atom is -0.332 e. The highest BCUT2D eigenvalue weighted by Gasteiger charge is 2.46. The molecule has 3 atom stereocenters. The zero-order valence-electron chi connectivity index (χ0n) is 19.3. The van der Waals surface area contributed by atoms with Crippen molar-refractivity contribution in [3.63, 3.8) is 0 Å². The molecule has 2 aromatic heterocycles. The van der Waals surface area contributed by atoms with Crippen LogP contribution in [0, 0.1) is 25.2 Å². The number of carbonyl (C=O) groups is 1. The predicted molar refractivity (Wildman–Crippen MR) is 142 cm³/mol. The highest BCUT2D eigenvalue weighted by molar-refractivity contribution is 7.59. The lowest BCUT2D eigenvalue weighted by Crippen LogP contribution is -2.47. The number of nitrogens with zero attached hydrogens (tertiary/aromatic N) is 6. The average molecular weight is 539 g/mol. The Bertz CT molecular complexity index is 1250. The van der Waals surface area contributed by atoms with Crippen molar-refractivity contribution >= 4 is 52.2 Å². The van der Waals surface area contributed by atoms with Gasteiger partial charge in [-0.05, 0) is 68.9 Å². The van der Waals surface area contributed by atoms with E-state index in [4.69, 9.17) is 0 Å². The highest BCUT2D eigenvalue weighted by Crippen LogP contribution is 2.45. The van der Waals surface area contributed by atoms with Crippen LogP contribution in [0.2, 0.25) is 0 Å². The lowest BCUT2D eigenvalue weighted by Gasteiger charge is -2.40. The quantitative estimate of drug-likeness (QED) is 0.492. The lowest BCUT2D eigenvalue weighted by molar-refractivity contribution is 0.0553. The molecule has 4 heterocycles. The monoisotopic (exact) mass is 538 g/mol. The van der Waals surface area contributed by atoms with E-state index in [1.54, 1.807) is 12.1 Å². The molecule has 5 rings (SSSR count). The second kappa shape index (κ2) is 11.1. The SMILES string of the molecule is Cc1cc(C(=O)N2[C@H]3CC[C@H](c4cc(C(F)F)nc5ncnn45)[C@@H]2CC3)cc(C)c1C#N.S.S.S. The number of rotatable bonds is 3. The van der Waals surface area contributed by atoms with Crippen LogP contribution in [0.4, 0.5) is 8.78 Å². The summed E-state index contributed by atoms with van der Waals surface area (Å²) in [7, 11) is 0. The first-order valence-electron chi connectivity index (χ1n) is 10.7. The van der Waals surface area contributed by atoms with Crippen molar-refractivity contribution in [3.8, 4) is 6.07 Å². The zero-order chi connectivity index (χ0) is 22.6. The molecule has 188 valence electrons. The van der Waals surface area contributed by atoms with Crippen LogP contribution in [0.25, 0.3) is 5.78 Å². The fourth-order valence-corrected chi connectivity index (χ4v) is 5.46. The molecule has 0 unspecified atom stereocenters. The van der Waals surface area contributed by atoms with Gasteiger partial charge in [0.1, 0.15) is 12.0 Å². The van der Waals surface area contributed by atoms with Crippen molar-refractivity contribution in [3.05, 3.63) is 58.2 Å². The summed E-state index contributed by atoms with van der Waals surface area (Å²) in [5, 5.41) is 13.6. The first kappa shape index (κ1) is 28.9. The van der Waals surface area contributed by atoms with Crippen molar-refractivity contribution in [2.45, 2.75) is 64.0 Å². The Morgan fingerprint density at radius 3 is 2.37 bits per heavy atom. The number of carbonyl (C=O) groups excluding carboxylic acids is 1. The number of nitriles is 1. The minimum absolute atomic E-state index is 0. The third-order valence-electron chi connectivity index (χ3n) is 6.85. The highest BCUT2D eigenvalue weighted by atomic mass is 32.1. The van der Waals surface area contributed by atoms with E-state index >= 15 is 0 Å². The Morgan fingerprint density at radius 2 is 1.74 bits per heavy atom. The maximum atomic E-state index is 13.6. The van der Waals surface area contributed by atoms with Crippen LogP contribution in [0.15, 0.2) is 24.5 Å². The number of benzene rings is 1. The van der Waals surface area contributed by atoms with E-state index in [0.29, 0.717) is 16.8 Å². The van der Waals surface area contributed by atoms with Crippen molar-refractivity contribution < 1.29 is 13.6 Å². The van der Waals surface area contributed by atoms with E-state index in [9.17, 15) is 18.8 Å². The van der Waals surface area contributed by atoms with E-state index in [-0.39, 0.29) is 75.9 Å². The van der Waals surface area contributed by atoms with Gasteiger partial charge in [-0.1, -0.05) is 0 Å². The number of piperidine rings is 1. The molecule has 0 spiro atoms. The Balaban J connectivity index is 0.00000144.